The fourth-order valence-electron chi connectivity index (χ4n) is 4.01. The third-order valence-corrected chi connectivity index (χ3v) is 6.26. The minimum absolute atomic E-state index is 0.315. The number of rotatable bonds is 4. The van der Waals surface area contributed by atoms with Gasteiger partial charge in [0.15, 0.2) is 22.7 Å². The van der Waals surface area contributed by atoms with Crippen LogP contribution in [0.2, 0.25) is 0 Å². The van der Waals surface area contributed by atoms with Crippen LogP contribution in [0.1, 0.15) is 0 Å². The molecule has 0 unspecified atom stereocenters. The van der Waals surface area contributed by atoms with Gasteiger partial charge in [0, 0.05) is 36.4 Å². The summed E-state index contributed by atoms with van der Waals surface area (Å²) in [4.78, 5) is 30.2. The maximum absolute atomic E-state index is 13.0. The highest BCUT2D eigenvalue weighted by molar-refractivity contribution is 9.10. The molecule has 0 fully saturated rings. The minimum atomic E-state index is -0.431. The molecule has 0 atom stereocenters. The Hall–Kier alpha value is -3.79. The zero-order chi connectivity index (χ0) is 23.4. The number of fused-ring (bicyclic) bond motifs is 3. The van der Waals surface area contributed by atoms with Gasteiger partial charge in [-0.1, -0.05) is 28.1 Å². The van der Waals surface area contributed by atoms with Crippen LogP contribution in [0, 0.1) is 0 Å². The molecule has 33 heavy (non-hydrogen) atoms. The molecule has 5 rings (SSSR count). The number of imidazole rings is 2. The first-order valence-corrected chi connectivity index (χ1v) is 10.8. The van der Waals surface area contributed by atoms with Crippen LogP contribution in [0.25, 0.3) is 33.9 Å². The van der Waals surface area contributed by atoms with Crippen molar-refractivity contribution >= 4 is 32.9 Å². The van der Waals surface area contributed by atoms with Gasteiger partial charge in [-0.05, 0) is 24.3 Å². The van der Waals surface area contributed by atoms with Crippen molar-refractivity contribution in [2.24, 2.45) is 14.1 Å². The number of halogens is 1. The summed E-state index contributed by atoms with van der Waals surface area (Å²) in [5.41, 5.74) is 2.30. The molecule has 0 bridgehead atoms. The number of aromatic nitrogens is 5. The van der Waals surface area contributed by atoms with Crippen LogP contribution in [-0.2, 0) is 14.1 Å². The van der Waals surface area contributed by atoms with E-state index in [-0.39, 0.29) is 0 Å². The van der Waals surface area contributed by atoms with Gasteiger partial charge in [0.1, 0.15) is 0 Å². The Morgan fingerprint density at radius 3 is 2.27 bits per heavy atom. The first-order valence-electron chi connectivity index (χ1n) is 10.0. The largest absolute Gasteiger partial charge is 0.493 e. The molecular weight excluding hydrogens is 490 g/mol. The monoisotopic (exact) mass is 509 g/mol. The molecule has 0 aliphatic heterocycles. The number of methoxy groups -OCH3 is 2. The maximum atomic E-state index is 13.0. The summed E-state index contributed by atoms with van der Waals surface area (Å²) in [5.74, 6) is 1.65. The molecule has 0 amide bonds. The Morgan fingerprint density at radius 1 is 0.909 bits per heavy atom. The molecule has 0 aliphatic rings. The first kappa shape index (κ1) is 21.1. The Balaban J connectivity index is 1.93. The summed E-state index contributed by atoms with van der Waals surface area (Å²) in [7, 11) is 6.22. The van der Waals surface area contributed by atoms with E-state index in [1.165, 1.54) is 11.6 Å². The molecular formula is C23H20BrN5O4. The van der Waals surface area contributed by atoms with E-state index in [1.807, 2.05) is 53.2 Å². The van der Waals surface area contributed by atoms with Gasteiger partial charge in [-0.2, -0.15) is 4.98 Å². The van der Waals surface area contributed by atoms with Crippen molar-refractivity contribution in [3.05, 3.63) is 74.0 Å². The third-order valence-electron chi connectivity index (χ3n) is 5.73. The second-order valence-electron chi connectivity index (χ2n) is 7.56. The second kappa shape index (κ2) is 7.66. The quantitative estimate of drug-likeness (QED) is 0.371. The SMILES string of the molecule is COc1ccc(-n2c(-c3ccc(Br)cc3)cn3c4c(=O)n(C)c(=O)n(C)c4nc23)cc1OC. The van der Waals surface area contributed by atoms with Gasteiger partial charge in [0.2, 0.25) is 5.78 Å². The molecule has 2 aromatic carbocycles. The lowest BCUT2D eigenvalue weighted by Gasteiger charge is -2.13. The average Bonchev–Trinajstić information content (AvgIpc) is 3.38. The first-order chi connectivity index (χ1) is 15.8. The van der Waals surface area contributed by atoms with E-state index in [0.717, 1.165) is 26.0 Å². The summed E-state index contributed by atoms with van der Waals surface area (Å²) >= 11 is 3.48. The molecule has 10 heteroatoms. The number of ether oxygens (including phenoxy) is 2. The van der Waals surface area contributed by atoms with Crippen molar-refractivity contribution in [2.75, 3.05) is 14.2 Å². The minimum Gasteiger partial charge on any atom is -0.493 e. The van der Waals surface area contributed by atoms with Crippen molar-refractivity contribution < 1.29 is 9.47 Å². The summed E-state index contributed by atoms with van der Waals surface area (Å²) in [6, 6.07) is 13.4. The maximum Gasteiger partial charge on any atom is 0.332 e. The second-order valence-corrected chi connectivity index (χ2v) is 8.47. The molecule has 0 aliphatic carbocycles. The number of hydrogen-bond acceptors (Lipinski definition) is 5. The predicted molar refractivity (Wildman–Crippen MR) is 129 cm³/mol. The van der Waals surface area contributed by atoms with Gasteiger partial charge in [-0.15, -0.1) is 0 Å². The lowest BCUT2D eigenvalue weighted by atomic mass is 10.1. The van der Waals surface area contributed by atoms with Crippen LogP contribution < -0.4 is 20.7 Å². The Bertz CT molecular complexity index is 1660. The summed E-state index contributed by atoms with van der Waals surface area (Å²) < 4.78 is 18.0. The summed E-state index contributed by atoms with van der Waals surface area (Å²) in [5, 5.41) is 0. The molecule has 5 aromatic rings. The van der Waals surface area contributed by atoms with E-state index in [4.69, 9.17) is 14.5 Å². The fraction of sp³-hybridized carbons (Fsp3) is 0.174. The number of hydrogen-bond donors (Lipinski definition) is 0. The van der Waals surface area contributed by atoms with Crippen LogP contribution in [0.4, 0.5) is 0 Å². The Labute approximate surface area is 196 Å². The van der Waals surface area contributed by atoms with Gasteiger partial charge in [-0.25, -0.2) is 4.79 Å². The van der Waals surface area contributed by atoms with Gasteiger partial charge < -0.3 is 9.47 Å². The molecule has 0 spiro atoms. The topological polar surface area (TPSA) is 84.7 Å². The van der Waals surface area contributed by atoms with E-state index in [9.17, 15) is 9.59 Å². The van der Waals surface area contributed by atoms with Gasteiger partial charge >= 0.3 is 5.69 Å². The highest BCUT2D eigenvalue weighted by atomic mass is 79.9. The molecule has 0 N–H and O–H groups in total. The van der Waals surface area contributed by atoms with Gasteiger partial charge in [0.05, 0.1) is 25.6 Å². The van der Waals surface area contributed by atoms with Crippen LogP contribution >= 0.6 is 15.9 Å². The van der Waals surface area contributed by atoms with E-state index < -0.39 is 11.2 Å². The number of aryl methyl sites for hydroxylation is 1. The molecule has 9 nitrogen and oxygen atoms in total. The van der Waals surface area contributed by atoms with E-state index in [2.05, 4.69) is 15.9 Å². The van der Waals surface area contributed by atoms with Crippen molar-refractivity contribution in [2.45, 2.75) is 0 Å². The Kier molecular flexibility index (Phi) is 4.89. The zero-order valence-electron chi connectivity index (χ0n) is 18.4. The van der Waals surface area contributed by atoms with Crippen molar-refractivity contribution in [1.82, 2.24) is 23.1 Å². The standard InChI is InChI=1S/C23H20BrN5O4/c1-26-20-19(21(30)27(2)23(26)31)28-12-16(13-5-7-14(24)8-6-13)29(22(28)25-20)15-9-10-17(32-3)18(11-15)33-4/h5-12H,1-4H3. The van der Waals surface area contributed by atoms with Crippen molar-refractivity contribution in [1.29, 1.82) is 0 Å². The van der Waals surface area contributed by atoms with Gasteiger partial charge in [0.25, 0.3) is 5.56 Å². The lowest BCUT2D eigenvalue weighted by molar-refractivity contribution is 0.355. The predicted octanol–water partition coefficient (Wildman–Crippen LogP) is 3.12. The zero-order valence-corrected chi connectivity index (χ0v) is 20.0. The fourth-order valence-corrected chi connectivity index (χ4v) is 4.28. The van der Waals surface area contributed by atoms with Crippen molar-refractivity contribution in [3.63, 3.8) is 0 Å². The normalized spacial score (nSPS) is 11.4. The van der Waals surface area contributed by atoms with Crippen LogP contribution in [0.3, 0.4) is 0 Å². The summed E-state index contributed by atoms with van der Waals surface area (Å²) in [6.45, 7) is 0. The highest BCUT2D eigenvalue weighted by Gasteiger charge is 2.22. The highest BCUT2D eigenvalue weighted by Crippen LogP contribution is 2.34. The third kappa shape index (κ3) is 3.09. The van der Waals surface area contributed by atoms with Crippen molar-refractivity contribution in [3.8, 4) is 28.4 Å². The molecule has 3 aromatic heterocycles. The number of benzene rings is 2. The van der Waals surface area contributed by atoms with E-state index >= 15 is 0 Å². The molecule has 0 radical (unpaired) electrons. The number of nitrogens with zero attached hydrogens (tertiary/aromatic N) is 5. The van der Waals surface area contributed by atoms with Gasteiger partial charge in [-0.3, -0.25) is 22.9 Å². The summed E-state index contributed by atoms with van der Waals surface area (Å²) in [6.07, 6.45) is 1.86. The lowest BCUT2D eigenvalue weighted by Crippen LogP contribution is -2.37. The van der Waals surface area contributed by atoms with Crippen LogP contribution in [0.15, 0.2) is 62.7 Å². The molecule has 0 saturated carbocycles. The molecule has 0 saturated heterocycles. The van der Waals surface area contributed by atoms with E-state index in [0.29, 0.717) is 28.4 Å². The molecule has 3 heterocycles. The van der Waals surface area contributed by atoms with Crippen LogP contribution in [-0.4, -0.2) is 37.3 Å². The van der Waals surface area contributed by atoms with Crippen LogP contribution in [0.5, 0.6) is 11.5 Å². The Morgan fingerprint density at radius 2 is 1.61 bits per heavy atom. The average molecular weight is 510 g/mol. The van der Waals surface area contributed by atoms with E-state index in [1.54, 1.807) is 25.7 Å². The molecule has 168 valence electrons. The smallest absolute Gasteiger partial charge is 0.332 e.